The van der Waals surface area contributed by atoms with Crippen LogP contribution in [0.5, 0.6) is 0 Å². The Labute approximate surface area is 94.7 Å². The molecule has 0 bridgehead atoms. The van der Waals surface area contributed by atoms with E-state index in [2.05, 4.69) is 34.4 Å². The summed E-state index contributed by atoms with van der Waals surface area (Å²) in [5, 5.41) is 12.1. The van der Waals surface area contributed by atoms with Crippen LogP contribution in [0.1, 0.15) is 19.8 Å². The molecule has 0 aromatic carbocycles. The molecule has 0 unspecified atom stereocenters. The van der Waals surface area contributed by atoms with Gasteiger partial charge in [0.25, 0.3) is 0 Å². The van der Waals surface area contributed by atoms with Crippen LogP contribution in [0.4, 0.5) is 5.13 Å². The first-order valence-electron chi connectivity index (χ1n) is 5.37. The van der Waals surface area contributed by atoms with Crippen LogP contribution in [0.3, 0.4) is 0 Å². The van der Waals surface area contributed by atoms with Crippen LogP contribution < -0.4 is 5.32 Å². The van der Waals surface area contributed by atoms with Crippen LogP contribution in [-0.4, -0.2) is 41.8 Å². The lowest BCUT2D eigenvalue weighted by molar-refractivity contribution is 0.150. The monoisotopic (exact) mass is 226 g/mol. The minimum Gasteiger partial charge on any atom is -0.360 e. The predicted octanol–water partition coefficient (Wildman–Crippen LogP) is 1.68. The zero-order valence-electron chi connectivity index (χ0n) is 9.36. The van der Waals surface area contributed by atoms with E-state index in [0.29, 0.717) is 5.41 Å². The van der Waals surface area contributed by atoms with E-state index in [1.165, 1.54) is 25.9 Å². The highest BCUT2D eigenvalue weighted by molar-refractivity contribution is 7.13. The van der Waals surface area contributed by atoms with Crippen molar-refractivity contribution in [1.82, 2.24) is 15.1 Å². The maximum atomic E-state index is 3.99. The van der Waals surface area contributed by atoms with Gasteiger partial charge >= 0.3 is 0 Å². The van der Waals surface area contributed by atoms with Crippen molar-refractivity contribution in [2.24, 2.45) is 5.41 Å². The van der Waals surface area contributed by atoms with Gasteiger partial charge in [-0.05, 0) is 38.4 Å². The zero-order valence-corrected chi connectivity index (χ0v) is 10.2. The number of likely N-dealkylation sites (tertiary alicyclic amines) is 1. The summed E-state index contributed by atoms with van der Waals surface area (Å²) in [6.45, 7) is 5.77. The third-order valence-electron chi connectivity index (χ3n) is 3.22. The second-order valence-corrected chi connectivity index (χ2v) is 5.54. The van der Waals surface area contributed by atoms with E-state index in [0.717, 1.165) is 11.7 Å². The van der Waals surface area contributed by atoms with Crippen LogP contribution in [-0.2, 0) is 0 Å². The lowest BCUT2D eigenvalue weighted by atomic mass is 9.80. The molecular formula is C10H18N4S. The van der Waals surface area contributed by atoms with Crippen molar-refractivity contribution in [2.45, 2.75) is 19.8 Å². The number of nitrogens with zero attached hydrogens (tertiary/aromatic N) is 3. The van der Waals surface area contributed by atoms with E-state index in [-0.39, 0.29) is 0 Å². The lowest BCUT2D eigenvalue weighted by Crippen LogP contribution is -2.40. The number of hydrogen-bond donors (Lipinski definition) is 1. The molecule has 4 nitrogen and oxygen atoms in total. The molecule has 0 spiro atoms. The molecule has 1 N–H and O–H groups in total. The molecule has 2 rings (SSSR count). The Morgan fingerprint density at radius 3 is 2.87 bits per heavy atom. The predicted molar refractivity (Wildman–Crippen MR) is 63.2 cm³/mol. The first-order chi connectivity index (χ1) is 7.18. The molecule has 0 saturated carbocycles. The van der Waals surface area contributed by atoms with Crippen molar-refractivity contribution in [2.75, 3.05) is 32.0 Å². The topological polar surface area (TPSA) is 41.0 Å². The average Bonchev–Trinajstić information content (AvgIpc) is 2.73. The highest BCUT2D eigenvalue weighted by Crippen LogP contribution is 2.30. The smallest absolute Gasteiger partial charge is 0.205 e. The standard InChI is InChI=1S/C10H18N4S/c1-10(3-5-14(2)6-4-10)7-11-9-13-12-8-15-9/h8H,3-7H2,1-2H3,(H,11,13). The molecule has 1 aliphatic rings. The number of piperidine rings is 1. The first-order valence-corrected chi connectivity index (χ1v) is 6.25. The number of rotatable bonds is 3. The Bertz CT molecular complexity index is 290. The zero-order chi connectivity index (χ0) is 10.7. The van der Waals surface area contributed by atoms with E-state index < -0.39 is 0 Å². The second kappa shape index (κ2) is 4.45. The van der Waals surface area contributed by atoms with E-state index in [4.69, 9.17) is 0 Å². The quantitative estimate of drug-likeness (QED) is 0.851. The van der Waals surface area contributed by atoms with Gasteiger partial charge in [0.15, 0.2) is 0 Å². The van der Waals surface area contributed by atoms with Crippen LogP contribution >= 0.6 is 11.3 Å². The van der Waals surface area contributed by atoms with Gasteiger partial charge in [0.2, 0.25) is 5.13 Å². The Kier molecular flexibility index (Phi) is 3.21. The van der Waals surface area contributed by atoms with Crippen LogP contribution in [0.25, 0.3) is 0 Å². The maximum absolute atomic E-state index is 3.99. The van der Waals surface area contributed by atoms with Crippen molar-refractivity contribution in [3.05, 3.63) is 5.51 Å². The number of nitrogens with one attached hydrogen (secondary N) is 1. The minimum absolute atomic E-state index is 0.415. The summed E-state index contributed by atoms with van der Waals surface area (Å²) in [4.78, 5) is 2.40. The summed E-state index contributed by atoms with van der Waals surface area (Å²) in [5.74, 6) is 0. The summed E-state index contributed by atoms with van der Waals surface area (Å²) < 4.78 is 0. The molecule has 1 aliphatic heterocycles. The van der Waals surface area contributed by atoms with Crippen molar-refractivity contribution >= 4 is 16.5 Å². The SMILES string of the molecule is CN1CCC(C)(CNc2nncs2)CC1. The third-order valence-corrected chi connectivity index (χ3v) is 3.87. The van der Waals surface area contributed by atoms with Crippen LogP contribution in [0.15, 0.2) is 5.51 Å². The maximum Gasteiger partial charge on any atom is 0.205 e. The Morgan fingerprint density at radius 2 is 2.27 bits per heavy atom. The largest absolute Gasteiger partial charge is 0.360 e. The molecule has 1 saturated heterocycles. The van der Waals surface area contributed by atoms with E-state index in [1.807, 2.05) is 0 Å². The highest BCUT2D eigenvalue weighted by atomic mass is 32.1. The molecule has 1 aromatic heterocycles. The molecule has 1 aromatic rings. The normalized spacial score (nSPS) is 21.5. The molecule has 0 atom stereocenters. The summed E-state index contributed by atoms with van der Waals surface area (Å²) in [6, 6.07) is 0. The third kappa shape index (κ3) is 2.89. The molecule has 0 amide bonds. The number of aromatic nitrogens is 2. The van der Waals surface area contributed by atoms with Gasteiger partial charge in [-0.1, -0.05) is 18.3 Å². The minimum atomic E-state index is 0.415. The molecule has 1 fully saturated rings. The summed E-state index contributed by atoms with van der Waals surface area (Å²) in [7, 11) is 2.19. The molecule has 2 heterocycles. The van der Waals surface area contributed by atoms with Crippen molar-refractivity contribution in [3.8, 4) is 0 Å². The van der Waals surface area contributed by atoms with Crippen molar-refractivity contribution in [1.29, 1.82) is 0 Å². The van der Waals surface area contributed by atoms with E-state index >= 15 is 0 Å². The van der Waals surface area contributed by atoms with Gasteiger partial charge in [-0.25, -0.2) is 0 Å². The molecule has 0 aliphatic carbocycles. The summed E-state index contributed by atoms with van der Waals surface area (Å²) in [6.07, 6.45) is 2.52. The van der Waals surface area contributed by atoms with Gasteiger partial charge in [-0.15, -0.1) is 10.2 Å². The fraction of sp³-hybridized carbons (Fsp3) is 0.800. The molecule has 0 radical (unpaired) electrons. The molecule has 84 valence electrons. The van der Waals surface area contributed by atoms with Gasteiger partial charge in [0.05, 0.1) is 0 Å². The van der Waals surface area contributed by atoms with Gasteiger partial charge in [-0.3, -0.25) is 0 Å². The Balaban J connectivity index is 1.83. The molecular weight excluding hydrogens is 208 g/mol. The average molecular weight is 226 g/mol. The number of anilines is 1. The highest BCUT2D eigenvalue weighted by Gasteiger charge is 2.28. The fourth-order valence-electron chi connectivity index (χ4n) is 1.87. The lowest BCUT2D eigenvalue weighted by Gasteiger charge is -2.37. The van der Waals surface area contributed by atoms with E-state index in [1.54, 1.807) is 16.8 Å². The van der Waals surface area contributed by atoms with Crippen molar-refractivity contribution in [3.63, 3.8) is 0 Å². The van der Waals surface area contributed by atoms with Crippen LogP contribution in [0, 0.1) is 5.41 Å². The summed E-state index contributed by atoms with van der Waals surface area (Å²) in [5.41, 5.74) is 2.18. The van der Waals surface area contributed by atoms with Gasteiger partial charge in [-0.2, -0.15) is 0 Å². The number of hydrogen-bond acceptors (Lipinski definition) is 5. The molecule has 5 heteroatoms. The Morgan fingerprint density at radius 1 is 1.53 bits per heavy atom. The van der Waals surface area contributed by atoms with E-state index in [9.17, 15) is 0 Å². The Hall–Kier alpha value is -0.680. The van der Waals surface area contributed by atoms with Crippen molar-refractivity contribution < 1.29 is 0 Å². The molecule has 15 heavy (non-hydrogen) atoms. The van der Waals surface area contributed by atoms with Gasteiger partial charge in [0, 0.05) is 6.54 Å². The summed E-state index contributed by atoms with van der Waals surface area (Å²) >= 11 is 1.57. The van der Waals surface area contributed by atoms with Crippen LogP contribution in [0.2, 0.25) is 0 Å². The first kappa shape index (κ1) is 10.8. The van der Waals surface area contributed by atoms with Gasteiger partial charge < -0.3 is 10.2 Å². The van der Waals surface area contributed by atoms with Gasteiger partial charge in [0.1, 0.15) is 5.51 Å². The fourth-order valence-corrected chi connectivity index (χ4v) is 2.32. The second-order valence-electron chi connectivity index (χ2n) is 4.71.